The minimum atomic E-state index is -0.457. The van der Waals surface area contributed by atoms with Gasteiger partial charge in [0.1, 0.15) is 11.3 Å². The maximum atomic E-state index is 11.7. The first-order chi connectivity index (χ1) is 8.17. The Hall–Kier alpha value is -1.56. The summed E-state index contributed by atoms with van der Waals surface area (Å²) in [5.41, 5.74) is -0.204. The molecule has 0 spiro atoms. The molecular weight excluding hydrogens is 244 g/mol. The van der Waals surface area contributed by atoms with Gasteiger partial charge in [-0.15, -0.1) is 11.6 Å². The third-order valence-electron chi connectivity index (χ3n) is 2.54. The van der Waals surface area contributed by atoms with Crippen LogP contribution in [0.1, 0.15) is 25.6 Å². The van der Waals surface area contributed by atoms with Crippen LogP contribution < -0.4 is 11.2 Å². The van der Waals surface area contributed by atoms with Crippen LogP contribution in [0, 0.1) is 0 Å². The minimum absolute atomic E-state index is 0.177. The number of halogens is 1. The molecular formula is C10H13ClN4O2. The van der Waals surface area contributed by atoms with Gasteiger partial charge < -0.3 is 4.98 Å². The largest absolute Gasteiger partial charge is 0.335 e. The highest BCUT2D eigenvalue weighted by molar-refractivity contribution is 6.16. The van der Waals surface area contributed by atoms with Gasteiger partial charge in [-0.3, -0.25) is 14.3 Å². The van der Waals surface area contributed by atoms with Gasteiger partial charge in [0.2, 0.25) is 0 Å². The number of aryl methyl sites for hydroxylation is 1. The number of unbranched alkanes of at least 4 members (excludes halogenated alkanes) is 1. The fraction of sp³-hybridized carbons (Fsp3) is 0.500. The van der Waals surface area contributed by atoms with E-state index in [1.54, 1.807) is 0 Å². The van der Waals surface area contributed by atoms with Crippen LogP contribution in [0.15, 0.2) is 9.59 Å². The second-order valence-corrected chi connectivity index (χ2v) is 4.05. The SMILES string of the molecule is CCCCn1c(=O)[nH]c(=O)c2[nH]c(CCl)nc21. The molecule has 17 heavy (non-hydrogen) atoms. The Bertz CT molecular complexity index is 640. The Balaban J connectivity index is 2.68. The van der Waals surface area contributed by atoms with Gasteiger partial charge in [0.15, 0.2) is 5.65 Å². The van der Waals surface area contributed by atoms with Crippen molar-refractivity contribution in [2.45, 2.75) is 32.2 Å². The van der Waals surface area contributed by atoms with Gasteiger partial charge >= 0.3 is 5.69 Å². The first kappa shape index (κ1) is 11.9. The molecule has 0 aromatic carbocycles. The van der Waals surface area contributed by atoms with Crippen molar-refractivity contribution in [3.8, 4) is 0 Å². The Morgan fingerprint density at radius 3 is 2.76 bits per heavy atom. The van der Waals surface area contributed by atoms with E-state index in [0.717, 1.165) is 12.8 Å². The number of nitrogens with zero attached hydrogens (tertiary/aromatic N) is 2. The first-order valence-electron chi connectivity index (χ1n) is 5.45. The highest BCUT2D eigenvalue weighted by Crippen LogP contribution is 2.07. The third kappa shape index (κ3) is 2.12. The van der Waals surface area contributed by atoms with E-state index < -0.39 is 11.2 Å². The molecule has 0 amide bonds. The van der Waals surface area contributed by atoms with Crippen molar-refractivity contribution in [1.82, 2.24) is 19.5 Å². The molecule has 0 radical (unpaired) electrons. The summed E-state index contributed by atoms with van der Waals surface area (Å²) in [5, 5.41) is 0. The molecule has 0 aliphatic rings. The topological polar surface area (TPSA) is 83.5 Å². The average molecular weight is 257 g/mol. The second-order valence-electron chi connectivity index (χ2n) is 3.78. The zero-order valence-corrected chi connectivity index (χ0v) is 10.2. The zero-order chi connectivity index (χ0) is 12.4. The number of nitrogens with one attached hydrogen (secondary N) is 2. The molecule has 92 valence electrons. The van der Waals surface area contributed by atoms with Crippen LogP contribution in [0.2, 0.25) is 0 Å². The lowest BCUT2D eigenvalue weighted by Gasteiger charge is -2.03. The number of alkyl halides is 1. The van der Waals surface area contributed by atoms with E-state index >= 15 is 0 Å². The van der Waals surface area contributed by atoms with Crippen LogP contribution >= 0.6 is 11.6 Å². The molecule has 2 rings (SSSR count). The predicted molar refractivity (Wildman–Crippen MR) is 65.4 cm³/mol. The van der Waals surface area contributed by atoms with Crippen LogP contribution in [0.4, 0.5) is 0 Å². The maximum Gasteiger partial charge on any atom is 0.330 e. The summed E-state index contributed by atoms with van der Waals surface area (Å²) in [7, 11) is 0. The van der Waals surface area contributed by atoms with Crippen molar-refractivity contribution in [3.05, 3.63) is 26.7 Å². The van der Waals surface area contributed by atoms with Crippen LogP contribution in [0.3, 0.4) is 0 Å². The van der Waals surface area contributed by atoms with E-state index in [2.05, 4.69) is 15.0 Å². The van der Waals surface area contributed by atoms with E-state index in [-0.39, 0.29) is 5.88 Å². The molecule has 0 aliphatic carbocycles. The van der Waals surface area contributed by atoms with Gasteiger partial charge in [-0.05, 0) is 6.42 Å². The van der Waals surface area contributed by atoms with Crippen LogP contribution in [0.25, 0.3) is 11.2 Å². The summed E-state index contributed by atoms with van der Waals surface area (Å²) < 4.78 is 1.47. The molecule has 0 saturated heterocycles. The predicted octanol–water partition coefficient (Wildman–Crippen LogP) is 0.952. The number of hydrogen-bond acceptors (Lipinski definition) is 3. The number of hydrogen-bond donors (Lipinski definition) is 2. The van der Waals surface area contributed by atoms with Crippen molar-refractivity contribution in [2.75, 3.05) is 0 Å². The molecule has 7 heteroatoms. The Kier molecular flexibility index (Phi) is 3.33. The molecule has 6 nitrogen and oxygen atoms in total. The molecule has 0 fully saturated rings. The first-order valence-corrected chi connectivity index (χ1v) is 5.98. The lowest BCUT2D eigenvalue weighted by molar-refractivity contribution is 0.613. The van der Waals surface area contributed by atoms with Crippen molar-refractivity contribution >= 4 is 22.8 Å². The third-order valence-corrected chi connectivity index (χ3v) is 2.80. The second kappa shape index (κ2) is 4.75. The Labute approximate surface area is 102 Å². The summed E-state index contributed by atoms with van der Waals surface area (Å²) in [6.07, 6.45) is 1.81. The van der Waals surface area contributed by atoms with Gasteiger partial charge in [-0.1, -0.05) is 13.3 Å². The highest BCUT2D eigenvalue weighted by Gasteiger charge is 2.11. The quantitative estimate of drug-likeness (QED) is 0.799. The van der Waals surface area contributed by atoms with Crippen LogP contribution in [0.5, 0.6) is 0 Å². The number of aromatic nitrogens is 4. The standard InChI is InChI=1S/C10H13ClN4O2/c1-2-3-4-15-8-7(9(16)14-10(15)17)12-6(5-11)13-8/h2-5H2,1H3,(H,12,13)(H,14,16,17). The molecule has 2 aromatic heterocycles. The molecule has 0 aliphatic heterocycles. The number of H-pyrrole nitrogens is 2. The number of imidazole rings is 1. The average Bonchev–Trinajstić information content (AvgIpc) is 2.73. The molecule has 0 saturated carbocycles. The summed E-state index contributed by atoms with van der Waals surface area (Å²) in [6.45, 7) is 2.57. The lowest BCUT2D eigenvalue weighted by Crippen LogP contribution is -2.30. The van der Waals surface area contributed by atoms with Gasteiger partial charge in [0.25, 0.3) is 5.56 Å². The summed E-state index contributed by atoms with van der Waals surface area (Å²) in [6, 6.07) is 0. The normalized spacial score (nSPS) is 11.2. The van der Waals surface area contributed by atoms with Crippen molar-refractivity contribution in [3.63, 3.8) is 0 Å². The fourth-order valence-electron chi connectivity index (χ4n) is 1.68. The van der Waals surface area contributed by atoms with Crippen molar-refractivity contribution < 1.29 is 0 Å². The number of aromatic amines is 2. The molecule has 2 aromatic rings. The summed E-state index contributed by atoms with van der Waals surface area (Å²) >= 11 is 5.65. The highest BCUT2D eigenvalue weighted by atomic mass is 35.5. The smallest absolute Gasteiger partial charge is 0.330 e. The number of rotatable bonds is 4. The minimum Gasteiger partial charge on any atom is -0.335 e. The zero-order valence-electron chi connectivity index (χ0n) is 9.42. The molecule has 0 atom stereocenters. The van der Waals surface area contributed by atoms with Gasteiger partial charge in [0.05, 0.1) is 5.88 Å². The Morgan fingerprint density at radius 1 is 1.35 bits per heavy atom. The van der Waals surface area contributed by atoms with E-state index in [9.17, 15) is 9.59 Å². The van der Waals surface area contributed by atoms with Gasteiger partial charge in [-0.25, -0.2) is 9.78 Å². The van der Waals surface area contributed by atoms with Crippen molar-refractivity contribution in [2.24, 2.45) is 0 Å². The fourth-order valence-corrected chi connectivity index (χ4v) is 1.80. The van der Waals surface area contributed by atoms with E-state index in [4.69, 9.17) is 11.6 Å². The maximum absolute atomic E-state index is 11.7. The molecule has 2 heterocycles. The monoisotopic (exact) mass is 256 g/mol. The van der Waals surface area contributed by atoms with Gasteiger partial charge in [0, 0.05) is 6.54 Å². The van der Waals surface area contributed by atoms with E-state index in [1.165, 1.54) is 4.57 Å². The van der Waals surface area contributed by atoms with E-state index in [1.807, 2.05) is 6.92 Å². The molecule has 0 unspecified atom stereocenters. The molecule has 2 N–H and O–H groups in total. The molecule has 0 bridgehead atoms. The van der Waals surface area contributed by atoms with Crippen LogP contribution in [-0.2, 0) is 12.4 Å². The van der Waals surface area contributed by atoms with Gasteiger partial charge in [-0.2, -0.15) is 0 Å². The van der Waals surface area contributed by atoms with Crippen molar-refractivity contribution in [1.29, 1.82) is 0 Å². The lowest BCUT2D eigenvalue weighted by atomic mass is 10.3. The number of fused-ring (bicyclic) bond motifs is 1. The summed E-state index contributed by atoms with van der Waals surface area (Å²) in [5.74, 6) is 0.666. The van der Waals surface area contributed by atoms with E-state index in [0.29, 0.717) is 23.5 Å². The summed E-state index contributed by atoms with van der Waals surface area (Å²) in [4.78, 5) is 32.5. The van der Waals surface area contributed by atoms with Crippen LogP contribution in [-0.4, -0.2) is 19.5 Å². The Morgan fingerprint density at radius 2 is 2.12 bits per heavy atom.